The van der Waals surface area contributed by atoms with Gasteiger partial charge in [-0.15, -0.1) is 0 Å². The van der Waals surface area contributed by atoms with Crippen LogP contribution in [0.5, 0.6) is 0 Å². The number of hydrogen-bond donors (Lipinski definition) is 1. The Morgan fingerprint density at radius 1 is 1.26 bits per heavy atom. The van der Waals surface area contributed by atoms with Crippen molar-refractivity contribution in [2.24, 2.45) is 0 Å². The van der Waals surface area contributed by atoms with Gasteiger partial charge in [0.15, 0.2) is 6.61 Å². The molecule has 0 aliphatic heterocycles. The van der Waals surface area contributed by atoms with E-state index in [1.54, 1.807) is 13.0 Å². The number of amides is 1. The minimum absolute atomic E-state index is 0.0916. The molecule has 0 saturated heterocycles. The van der Waals surface area contributed by atoms with Crippen LogP contribution in [-0.4, -0.2) is 28.4 Å². The number of alkyl halides is 3. The molecule has 1 heterocycles. The zero-order chi connectivity index (χ0) is 20.2. The van der Waals surface area contributed by atoms with Crippen LogP contribution in [0, 0.1) is 17.0 Å². The van der Waals surface area contributed by atoms with Crippen molar-refractivity contribution in [3.63, 3.8) is 0 Å². The van der Waals surface area contributed by atoms with Crippen LogP contribution in [0.25, 0.3) is 0 Å². The van der Waals surface area contributed by atoms with Gasteiger partial charge in [-0.1, -0.05) is 0 Å². The Morgan fingerprint density at radius 2 is 1.96 bits per heavy atom. The summed E-state index contributed by atoms with van der Waals surface area (Å²) in [5.74, 6) is -1.80. The lowest BCUT2D eigenvalue weighted by atomic mass is 10.1. The Kier molecular flexibility index (Phi) is 5.73. The van der Waals surface area contributed by atoms with Crippen LogP contribution >= 0.6 is 0 Å². The second-order valence-corrected chi connectivity index (χ2v) is 5.30. The second-order valence-electron chi connectivity index (χ2n) is 5.30. The maximum absolute atomic E-state index is 12.6. The summed E-state index contributed by atoms with van der Waals surface area (Å²) < 4.78 is 42.7. The lowest BCUT2D eigenvalue weighted by Gasteiger charge is -2.10. The normalized spacial score (nSPS) is 11.0. The first-order valence-corrected chi connectivity index (χ1v) is 7.33. The number of esters is 1. The van der Waals surface area contributed by atoms with Gasteiger partial charge in [0.1, 0.15) is 5.69 Å². The van der Waals surface area contributed by atoms with Crippen molar-refractivity contribution in [3.8, 4) is 0 Å². The van der Waals surface area contributed by atoms with Gasteiger partial charge in [0.25, 0.3) is 11.6 Å². The lowest BCUT2D eigenvalue weighted by molar-refractivity contribution is -0.384. The van der Waals surface area contributed by atoms with E-state index in [-0.39, 0.29) is 5.56 Å². The third kappa shape index (κ3) is 5.23. The predicted molar refractivity (Wildman–Crippen MR) is 86.0 cm³/mol. The molecule has 142 valence electrons. The molecule has 0 saturated carbocycles. The van der Waals surface area contributed by atoms with Crippen molar-refractivity contribution >= 4 is 23.3 Å². The van der Waals surface area contributed by atoms with Crippen molar-refractivity contribution in [1.29, 1.82) is 0 Å². The monoisotopic (exact) mass is 383 g/mol. The van der Waals surface area contributed by atoms with Gasteiger partial charge in [0.2, 0.25) is 0 Å². The molecule has 0 fully saturated rings. The fraction of sp³-hybridized carbons (Fsp3) is 0.188. The van der Waals surface area contributed by atoms with Crippen LogP contribution in [0.2, 0.25) is 0 Å². The van der Waals surface area contributed by atoms with E-state index < -0.39 is 46.5 Å². The van der Waals surface area contributed by atoms with E-state index in [1.165, 1.54) is 12.3 Å². The number of rotatable bonds is 5. The molecule has 1 aromatic carbocycles. The van der Waals surface area contributed by atoms with Crippen molar-refractivity contribution in [3.05, 3.63) is 63.5 Å². The molecule has 0 radical (unpaired) electrons. The zero-order valence-electron chi connectivity index (χ0n) is 13.7. The summed E-state index contributed by atoms with van der Waals surface area (Å²) >= 11 is 0. The summed E-state index contributed by atoms with van der Waals surface area (Å²) in [7, 11) is 0. The number of nitrogens with zero attached hydrogens (tertiary/aromatic N) is 2. The van der Waals surface area contributed by atoms with Crippen molar-refractivity contribution in [1.82, 2.24) is 4.98 Å². The van der Waals surface area contributed by atoms with Crippen LogP contribution < -0.4 is 5.32 Å². The molecule has 0 aliphatic carbocycles. The number of nitrogens with one attached hydrogen (secondary N) is 1. The zero-order valence-corrected chi connectivity index (χ0v) is 13.7. The number of nitro benzene ring substituents is 1. The standard InChI is InChI=1S/C16H12F3N3O5/c1-9-2-3-10(7-20-9)15(24)27-8-14(23)21-12-5-4-11(16(17,18)19)6-13(12)22(25)26/h2-7H,8H2,1H3,(H,21,23). The average Bonchev–Trinajstić information content (AvgIpc) is 2.59. The van der Waals surface area contributed by atoms with E-state index in [9.17, 15) is 32.9 Å². The van der Waals surface area contributed by atoms with Gasteiger partial charge in [-0.3, -0.25) is 19.9 Å². The first-order chi connectivity index (χ1) is 12.6. The van der Waals surface area contributed by atoms with Crippen LogP contribution in [0.15, 0.2) is 36.5 Å². The number of aryl methyl sites for hydroxylation is 1. The van der Waals surface area contributed by atoms with Crippen LogP contribution in [0.1, 0.15) is 21.6 Å². The van der Waals surface area contributed by atoms with E-state index >= 15 is 0 Å². The summed E-state index contributed by atoms with van der Waals surface area (Å²) in [4.78, 5) is 37.4. The Hall–Kier alpha value is -3.50. The van der Waals surface area contributed by atoms with Crippen LogP contribution in [0.3, 0.4) is 0 Å². The highest BCUT2D eigenvalue weighted by Gasteiger charge is 2.33. The molecule has 1 N–H and O–H groups in total. The summed E-state index contributed by atoms with van der Waals surface area (Å²) in [6.45, 7) is 0.921. The van der Waals surface area contributed by atoms with Gasteiger partial charge in [0, 0.05) is 18.0 Å². The fourth-order valence-corrected chi connectivity index (χ4v) is 1.95. The van der Waals surface area contributed by atoms with Gasteiger partial charge in [-0.2, -0.15) is 13.2 Å². The molecule has 0 atom stereocenters. The highest BCUT2D eigenvalue weighted by molar-refractivity contribution is 5.96. The number of benzene rings is 1. The number of pyridine rings is 1. The molecule has 1 aromatic heterocycles. The highest BCUT2D eigenvalue weighted by atomic mass is 19.4. The van der Waals surface area contributed by atoms with Crippen molar-refractivity contribution in [2.75, 3.05) is 11.9 Å². The van der Waals surface area contributed by atoms with Gasteiger partial charge in [-0.05, 0) is 31.2 Å². The number of nitro groups is 1. The van der Waals surface area contributed by atoms with Gasteiger partial charge in [-0.25, -0.2) is 4.79 Å². The summed E-state index contributed by atoms with van der Waals surface area (Å²) in [5, 5.41) is 13.0. The Morgan fingerprint density at radius 3 is 2.52 bits per heavy atom. The third-order valence-corrected chi connectivity index (χ3v) is 3.28. The first-order valence-electron chi connectivity index (χ1n) is 7.33. The molecule has 8 nitrogen and oxygen atoms in total. The smallest absolute Gasteiger partial charge is 0.416 e. The second kappa shape index (κ2) is 7.81. The fourth-order valence-electron chi connectivity index (χ4n) is 1.95. The molecule has 2 rings (SSSR count). The molecule has 11 heteroatoms. The Labute approximate surface area is 150 Å². The van der Waals surface area contributed by atoms with Gasteiger partial charge in [0.05, 0.1) is 16.1 Å². The lowest BCUT2D eigenvalue weighted by Crippen LogP contribution is -2.21. The molecule has 0 aliphatic rings. The number of aromatic nitrogens is 1. The van der Waals surface area contributed by atoms with E-state index in [2.05, 4.69) is 4.98 Å². The Bertz CT molecular complexity index is 882. The average molecular weight is 383 g/mol. The summed E-state index contributed by atoms with van der Waals surface area (Å²) in [6.07, 6.45) is -3.53. The van der Waals surface area contributed by atoms with Crippen molar-refractivity contribution in [2.45, 2.75) is 13.1 Å². The minimum Gasteiger partial charge on any atom is -0.452 e. The predicted octanol–water partition coefficient (Wildman–Crippen LogP) is 3.11. The number of carbonyl (C=O) groups is 2. The highest BCUT2D eigenvalue weighted by Crippen LogP contribution is 2.34. The van der Waals surface area contributed by atoms with E-state index in [1.807, 2.05) is 5.32 Å². The van der Waals surface area contributed by atoms with Gasteiger partial charge < -0.3 is 10.1 Å². The quantitative estimate of drug-likeness (QED) is 0.482. The maximum Gasteiger partial charge on any atom is 0.416 e. The van der Waals surface area contributed by atoms with Crippen LogP contribution in [0.4, 0.5) is 24.5 Å². The van der Waals surface area contributed by atoms with Crippen LogP contribution in [-0.2, 0) is 15.7 Å². The Balaban J connectivity index is 2.05. The molecular formula is C16H12F3N3O5. The molecule has 27 heavy (non-hydrogen) atoms. The summed E-state index contributed by atoms with van der Waals surface area (Å²) in [6, 6.07) is 4.64. The molecule has 0 unspecified atom stereocenters. The molecule has 2 aromatic rings. The topological polar surface area (TPSA) is 111 Å². The molecular weight excluding hydrogens is 371 g/mol. The molecule has 0 bridgehead atoms. The SMILES string of the molecule is Cc1ccc(C(=O)OCC(=O)Nc2ccc(C(F)(F)F)cc2[N+](=O)[O-])cn1. The van der Waals surface area contributed by atoms with Crippen molar-refractivity contribution < 1.29 is 32.4 Å². The van der Waals surface area contributed by atoms with Gasteiger partial charge >= 0.3 is 12.1 Å². The number of hydrogen-bond acceptors (Lipinski definition) is 6. The molecule has 1 amide bonds. The van der Waals surface area contributed by atoms with E-state index in [4.69, 9.17) is 4.74 Å². The first kappa shape index (κ1) is 19.8. The third-order valence-electron chi connectivity index (χ3n) is 3.28. The summed E-state index contributed by atoms with van der Waals surface area (Å²) in [5.41, 5.74) is -1.86. The largest absolute Gasteiger partial charge is 0.452 e. The van der Waals surface area contributed by atoms with E-state index in [0.717, 1.165) is 6.07 Å². The minimum atomic E-state index is -4.77. The number of carbonyl (C=O) groups excluding carboxylic acids is 2. The number of anilines is 1. The maximum atomic E-state index is 12.6. The number of halogens is 3. The number of ether oxygens (including phenoxy) is 1. The van der Waals surface area contributed by atoms with E-state index in [0.29, 0.717) is 17.8 Å². The molecule has 0 spiro atoms.